The van der Waals surface area contributed by atoms with E-state index in [1.165, 1.54) is 0 Å². The van der Waals surface area contributed by atoms with Crippen molar-refractivity contribution in [2.24, 2.45) is 5.73 Å². The molecule has 38 heavy (non-hydrogen) atoms. The Morgan fingerprint density at radius 1 is 0.868 bits per heavy atom. The van der Waals surface area contributed by atoms with Gasteiger partial charge in [0.25, 0.3) is 0 Å². The third-order valence-corrected chi connectivity index (χ3v) is 5.93. The molecule has 15 heteroatoms. The summed E-state index contributed by atoms with van der Waals surface area (Å²) in [4.78, 5) is 75.0. The molecule has 3 amide bonds. The first-order valence-corrected chi connectivity index (χ1v) is 12.0. The van der Waals surface area contributed by atoms with Crippen LogP contribution in [0.1, 0.15) is 24.8 Å². The fourth-order valence-electron chi connectivity index (χ4n) is 3.55. The van der Waals surface area contributed by atoms with Gasteiger partial charge in [0.15, 0.2) is 0 Å². The SMILES string of the molecule is NC(CS)C(=O)NC(Cc1c[nH]c2ccccc12)C(=O)NC(CCC(=O)O)C(=O)NC(CC(=O)O)C(=O)O. The zero-order chi connectivity index (χ0) is 28.4. The van der Waals surface area contributed by atoms with Gasteiger partial charge in [-0.3, -0.25) is 24.0 Å². The summed E-state index contributed by atoms with van der Waals surface area (Å²) in [5.74, 6) is -7.10. The van der Waals surface area contributed by atoms with E-state index in [-0.39, 0.29) is 12.2 Å². The third-order valence-electron chi connectivity index (χ3n) is 5.54. The summed E-state index contributed by atoms with van der Waals surface area (Å²) < 4.78 is 0. The molecule has 4 unspecified atom stereocenters. The van der Waals surface area contributed by atoms with E-state index < -0.39 is 79.1 Å². The van der Waals surface area contributed by atoms with Crippen molar-refractivity contribution in [2.45, 2.75) is 49.9 Å². The lowest BCUT2D eigenvalue weighted by Gasteiger charge is -2.24. The summed E-state index contributed by atoms with van der Waals surface area (Å²) in [6.45, 7) is 0. The van der Waals surface area contributed by atoms with E-state index in [9.17, 15) is 33.9 Å². The van der Waals surface area contributed by atoms with E-state index in [0.717, 1.165) is 10.9 Å². The molecular formula is C23H29N5O9S. The molecule has 14 nitrogen and oxygen atoms in total. The number of aromatic amines is 1. The lowest BCUT2D eigenvalue weighted by molar-refractivity contribution is -0.147. The Labute approximate surface area is 221 Å². The van der Waals surface area contributed by atoms with Crippen LogP contribution in [0.2, 0.25) is 0 Å². The average molecular weight is 552 g/mol. The standard InChI is InChI=1S/C23H29N5O9S/c24-13(10-38)20(33)27-16(7-11-9-25-14-4-2-1-3-12(11)14)22(35)26-15(5-6-18(29)30)21(34)28-17(23(36)37)8-19(31)32/h1-4,9,13,15-17,25,38H,5-8,10,24H2,(H,26,35)(H,27,33)(H,28,34)(H,29,30)(H,31,32)(H,36,37). The highest BCUT2D eigenvalue weighted by Gasteiger charge is 2.31. The van der Waals surface area contributed by atoms with Crippen LogP contribution in [0.5, 0.6) is 0 Å². The Morgan fingerprint density at radius 2 is 1.47 bits per heavy atom. The Balaban J connectivity index is 2.30. The number of carbonyl (C=O) groups excluding carboxylic acids is 3. The number of H-pyrrole nitrogens is 1. The quantitative estimate of drug-likeness (QED) is 0.120. The van der Waals surface area contributed by atoms with Crippen molar-refractivity contribution in [1.82, 2.24) is 20.9 Å². The van der Waals surface area contributed by atoms with Crippen molar-refractivity contribution in [1.29, 1.82) is 0 Å². The van der Waals surface area contributed by atoms with Gasteiger partial charge in [0, 0.05) is 35.7 Å². The Kier molecular flexibility index (Phi) is 11.1. The Morgan fingerprint density at radius 3 is 2.08 bits per heavy atom. The van der Waals surface area contributed by atoms with Crippen LogP contribution in [0.3, 0.4) is 0 Å². The molecule has 0 saturated heterocycles. The molecule has 0 aliphatic rings. The van der Waals surface area contributed by atoms with Gasteiger partial charge >= 0.3 is 17.9 Å². The molecule has 0 aliphatic carbocycles. The predicted molar refractivity (Wildman–Crippen MR) is 136 cm³/mol. The summed E-state index contributed by atoms with van der Waals surface area (Å²) in [5, 5.41) is 34.8. The summed E-state index contributed by atoms with van der Waals surface area (Å²) in [6, 6.07) is 1.53. The number of nitrogens with two attached hydrogens (primary N) is 1. The largest absolute Gasteiger partial charge is 0.481 e. The van der Waals surface area contributed by atoms with Crippen LogP contribution in [-0.2, 0) is 35.2 Å². The van der Waals surface area contributed by atoms with Crippen LogP contribution in [0.4, 0.5) is 0 Å². The maximum atomic E-state index is 13.3. The highest BCUT2D eigenvalue weighted by molar-refractivity contribution is 7.80. The van der Waals surface area contributed by atoms with Crippen LogP contribution in [0.15, 0.2) is 30.5 Å². The molecule has 0 bridgehead atoms. The van der Waals surface area contributed by atoms with E-state index in [4.69, 9.17) is 15.9 Å². The molecule has 9 N–H and O–H groups in total. The number of carbonyl (C=O) groups is 6. The summed E-state index contributed by atoms with van der Waals surface area (Å²) in [5.41, 5.74) is 7.15. The van der Waals surface area contributed by atoms with Gasteiger partial charge < -0.3 is 42.0 Å². The number of aromatic nitrogens is 1. The second kappa shape index (κ2) is 14.0. The zero-order valence-electron chi connectivity index (χ0n) is 20.0. The number of aliphatic carboxylic acids is 3. The predicted octanol–water partition coefficient (Wildman–Crippen LogP) is -1.15. The molecule has 0 radical (unpaired) electrons. The molecule has 1 heterocycles. The van der Waals surface area contributed by atoms with E-state index in [1.807, 2.05) is 11.4 Å². The van der Waals surface area contributed by atoms with E-state index >= 15 is 0 Å². The monoisotopic (exact) mass is 551 g/mol. The van der Waals surface area contributed by atoms with Crippen LogP contribution >= 0.6 is 12.6 Å². The highest BCUT2D eigenvalue weighted by Crippen LogP contribution is 2.19. The minimum absolute atomic E-state index is 0.0168. The number of para-hydroxylation sites is 1. The molecule has 2 aromatic rings. The maximum absolute atomic E-state index is 13.3. The first-order valence-electron chi connectivity index (χ1n) is 11.4. The number of rotatable bonds is 15. The van der Waals surface area contributed by atoms with Crippen molar-refractivity contribution >= 4 is 59.2 Å². The lowest BCUT2D eigenvalue weighted by atomic mass is 10.0. The van der Waals surface area contributed by atoms with Gasteiger partial charge in [0.1, 0.15) is 18.1 Å². The van der Waals surface area contributed by atoms with Gasteiger partial charge in [-0.05, 0) is 18.1 Å². The van der Waals surface area contributed by atoms with Crippen molar-refractivity contribution in [2.75, 3.05) is 5.75 Å². The summed E-state index contributed by atoms with van der Waals surface area (Å²) >= 11 is 3.98. The van der Waals surface area contributed by atoms with Crippen LogP contribution in [0.25, 0.3) is 10.9 Å². The summed E-state index contributed by atoms with van der Waals surface area (Å²) in [7, 11) is 0. The maximum Gasteiger partial charge on any atom is 0.326 e. The number of nitrogens with one attached hydrogen (secondary N) is 4. The zero-order valence-corrected chi connectivity index (χ0v) is 20.9. The Hall–Kier alpha value is -4.11. The smallest absolute Gasteiger partial charge is 0.326 e. The van der Waals surface area contributed by atoms with E-state index in [1.54, 1.807) is 24.4 Å². The normalized spacial score (nSPS) is 14.1. The fourth-order valence-corrected chi connectivity index (χ4v) is 3.71. The van der Waals surface area contributed by atoms with Crippen molar-refractivity contribution < 1.29 is 44.1 Å². The first kappa shape index (κ1) is 30.1. The van der Waals surface area contributed by atoms with Gasteiger partial charge in [0.05, 0.1) is 12.5 Å². The second-order valence-electron chi connectivity index (χ2n) is 8.40. The molecule has 0 saturated carbocycles. The molecule has 0 aliphatic heterocycles. The number of amides is 3. The van der Waals surface area contributed by atoms with Gasteiger partial charge in [-0.15, -0.1) is 0 Å². The van der Waals surface area contributed by atoms with Gasteiger partial charge in [-0.2, -0.15) is 12.6 Å². The summed E-state index contributed by atoms with van der Waals surface area (Å²) in [6.07, 6.45) is -0.338. The van der Waals surface area contributed by atoms with E-state index in [2.05, 4.69) is 28.2 Å². The van der Waals surface area contributed by atoms with Gasteiger partial charge in [0.2, 0.25) is 17.7 Å². The second-order valence-corrected chi connectivity index (χ2v) is 8.77. The average Bonchev–Trinajstić information content (AvgIpc) is 3.27. The van der Waals surface area contributed by atoms with Crippen molar-refractivity contribution in [3.05, 3.63) is 36.0 Å². The van der Waals surface area contributed by atoms with Gasteiger partial charge in [-0.1, -0.05) is 18.2 Å². The van der Waals surface area contributed by atoms with Crippen molar-refractivity contribution in [3.8, 4) is 0 Å². The molecule has 0 spiro atoms. The molecule has 206 valence electrons. The molecule has 4 atom stereocenters. The van der Waals surface area contributed by atoms with Gasteiger partial charge in [-0.25, -0.2) is 4.79 Å². The lowest BCUT2D eigenvalue weighted by Crippen LogP contribution is -2.58. The molecule has 1 aromatic carbocycles. The van der Waals surface area contributed by atoms with Crippen LogP contribution in [0, 0.1) is 0 Å². The number of hydrogen-bond donors (Lipinski definition) is 9. The topological polar surface area (TPSA) is 241 Å². The number of benzene rings is 1. The molecular weight excluding hydrogens is 522 g/mol. The molecule has 2 rings (SSSR count). The van der Waals surface area contributed by atoms with Crippen LogP contribution < -0.4 is 21.7 Å². The van der Waals surface area contributed by atoms with Crippen LogP contribution in [-0.4, -0.2) is 85.9 Å². The number of carboxylic acid groups (broad SMARTS) is 3. The Bertz CT molecular complexity index is 1200. The minimum atomic E-state index is -1.82. The van der Waals surface area contributed by atoms with E-state index in [0.29, 0.717) is 5.56 Å². The number of hydrogen-bond acceptors (Lipinski definition) is 8. The minimum Gasteiger partial charge on any atom is -0.481 e. The number of carboxylic acids is 3. The van der Waals surface area contributed by atoms with Crippen molar-refractivity contribution in [3.63, 3.8) is 0 Å². The first-order chi connectivity index (χ1) is 17.9. The molecule has 1 aromatic heterocycles. The number of fused-ring (bicyclic) bond motifs is 1. The third kappa shape index (κ3) is 8.77. The molecule has 0 fully saturated rings. The number of thiol groups is 1. The fraction of sp³-hybridized carbons (Fsp3) is 0.391. The highest BCUT2D eigenvalue weighted by atomic mass is 32.1.